The van der Waals surface area contributed by atoms with Crippen LogP contribution in [0.25, 0.3) is 0 Å². The molecule has 0 spiro atoms. The van der Waals surface area contributed by atoms with Gasteiger partial charge in [-0.15, -0.1) is 10.2 Å². The Morgan fingerprint density at radius 1 is 1.18 bits per heavy atom. The third kappa shape index (κ3) is 4.45. The molecule has 0 saturated carbocycles. The summed E-state index contributed by atoms with van der Waals surface area (Å²) in [6, 6.07) is 3.64. The summed E-state index contributed by atoms with van der Waals surface area (Å²) in [6.45, 7) is 0.722. The van der Waals surface area contributed by atoms with Crippen LogP contribution in [0, 0.1) is 0 Å². The molecule has 2 aromatic rings. The number of carbonyl (C=O) groups is 1. The molecule has 1 aliphatic heterocycles. The lowest BCUT2D eigenvalue weighted by atomic mass is 10.2. The predicted molar refractivity (Wildman–Crippen MR) is 96.9 cm³/mol. The van der Waals surface area contributed by atoms with Crippen LogP contribution in [0.4, 0.5) is 18.3 Å². The first-order valence-electron chi connectivity index (χ1n) is 8.11. The van der Waals surface area contributed by atoms with Crippen molar-refractivity contribution in [1.29, 1.82) is 0 Å². The van der Waals surface area contributed by atoms with E-state index in [-0.39, 0.29) is 31.9 Å². The van der Waals surface area contributed by atoms with Crippen molar-refractivity contribution >= 4 is 44.0 Å². The number of rotatable bonds is 4. The Kier molecular flexibility index (Phi) is 5.94. The maximum atomic E-state index is 12.8. The minimum atomic E-state index is -4.67. The number of amides is 1. The highest BCUT2D eigenvalue weighted by atomic mass is 35.5. The van der Waals surface area contributed by atoms with Gasteiger partial charge < -0.3 is 0 Å². The number of carbonyl (C=O) groups excluding carboxylic acids is 1. The number of hydrogen-bond donors (Lipinski definition) is 1. The summed E-state index contributed by atoms with van der Waals surface area (Å²) in [5, 5.41) is 6.83. The second-order valence-electron chi connectivity index (χ2n) is 5.97. The lowest BCUT2D eigenvalue weighted by Crippen LogP contribution is -2.35. The Morgan fingerprint density at radius 3 is 2.46 bits per heavy atom. The van der Waals surface area contributed by atoms with Crippen molar-refractivity contribution in [1.82, 2.24) is 14.5 Å². The Morgan fingerprint density at radius 2 is 1.86 bits per heavy atom. The number of hydrogen-bond acceptors (Lipinski definition) is 6. The average Bonchev–Trinajstić information content (AvgIpc) is 3.11. The van der Waals surface area contributed by atoms with Crippen LogP contribution in [0.2, 0.25) is 5.02 Å². The van der Waals surface area contributed by atoms with Crippen molar-refractivity contribution in [3.63, 3.8) is 0 Å². The van der Waals surface area contributed by atoms with Crippen LogP contribution in [-0.4, -0.2) is 41.9 Å². The second-order valence-corrected chi connectivity index (χ2v) is 9.27. The molecule has 1 aromatic carbocycles. The molecule has 7 nitrogen and oxygen atoms in total. The fourth-order valence-electron chi connectivity index (χ4n) is 2.64. The monoisotopic (exact) mass is 454 g/mol. The fourth-order valence-corrected chi connectivity index (χ4v) is 5.27. The first kappa shape index (κ1) is 21.0. The Balaban J connectivity index is 1.84. The molecule has 0 atom stereocenters. The molecule has 28 heavy (non-hydrogen) atoms. The van der Waals surface area contributed by atoms with E-state index in [0.29, 0.717) is 13.1 Å². The van der Waals surface area contributed by atoms with Crippen LogP contribution in [0.15, 0.2) is 23.1 Å². The van der Waals surface area contributed by atoms with E-state index in [0.717, 1.165) is 25.3 Å². The molecule has 152 valence electrons. The quantitative estimate of drug-likeness (QED) is 0.761. The predicted octanol–water partition coefficient (Wildman–Crippen LogP) is 3.64. The molecule has 1 saturated heterocycles. The summed E-state index contributed by atoms with van der Waals surface area (Å²) in [6.07, 6.45) is -2.27. The molecule has 1 aliphatic rings. The van der Waals surface area contributed by atoms with Gasteiger partial charge in [-0.05, 0) is 31.0 Å². The lowest BCUT2D eigenvalue weighted by Gasteiger charge is -2.26. The number of piperidine rings is 1. The van der Waals surface area contributed by atoms with Crippen LogP contribution in [0.1, 0.15) is 34.6 Å². The molecule has 0 aliphatic carbocycles. The molecule has 1 N–H and O–H groups in total. The number of halogens is 4. The van der Waals surface area contributed by atoms with Gasteiger partial charge in [-0.2, -0.15) is 17.5 Å². The van der Waals surface area contributed by atoms with E-state index in [1.807, 2.05) is 0 Å². The van der Waals surface area contributed by atoms with E-state index in [2.05, 4.69) is 15.5 Å². The van der Waals surface area contributed by atoms with Gasteiger partial charge >= 0.3 is 6.18 Å². The fraction of sp³-hybridized carbons (Fsp3) is 0.400. The van der Waals surface area contributed by atoms with E-state index >= 15 is 0 Å². The SMILES string of the molecule is O=C(Nc1nnc(C(F)(F)F)s1)c1ccc(Cl)c(S(=O)(=O)N2CCCCC2)c1. The first-order valence-corrected chi connectivity index (χ1v) is 10.7. The summed E-state index contributed by atoms with van der Waals surface area (Å²) in [7, 11) is -3.89. The number of benzene rings is 1. The molecular formula is C15H14ClF3N4O3S2. The molecule has 1 amide bonds. The van der Waals surface area contributed by atoms with Gasteiger partial charge in [0.1, 0.15) is 4.90 Å². The molecule has 0 unspecified atom stereocenters. The van der Waals surface area contributed by atoms with E-state index in [4.69, 9.17) is 11.6 Å². The van der Waals surface area contributed by atoms with Gasteiger partial charge in [0.15, 0.2) is 0 Å². The highest BCUT2D eigenvalue weighted by Crippen LogP contribution is 2.33. The molecular weight excluding hydrogens is 441 g/mol. The molecule has 0 bridgehead atoms. The number of aromatic nitrogens is 2. The lowest BCUT2D eigenvalue weighted by molar-refractivity contribution is -0.138. The topological polar surface area (TPSA) is 92.3 Å². The van der Waals surface area contributed by atoms with E-state index in [1.54, 1.807) is 0 Å². The highest BCUT2D eigenvalue weighted by molar-refractivity contribution is 7.89. The summed E-state index contributed by atoms with van der Waals surface area (Å²) in [4.78, 5) is 12.1. The molecule has 0 radical (unpaired) electrons. The molecule has 1 fully saturated rings. The van der Waals surface area contributed by atoms with Crippen molar-refractivity contribution < 1.29 is 26.4 Å². The van der Waals surface area contributed by atoms with Crippen molar-refractivity contribution in [3.8, 4) is 0 Å². The van der Waals surface area contributed by atoms with Crippen molar-refractivity contribution in [2.75, 3.05) is 18.4 Å². The van der Waals surface area contributed by atoms with Gasteiger partial charge in [0, 0.05) is 18.7 Å². The molecule has 1 aromatic heterocycles. The zero-order chi connectivity index (χ0) is 20.5. The van der Waals surface area contributed by atoms with Crippen molar-refractivity contribution in [3.05, 3.63) is 33.8 Å². The maximum absolute atomic E-state index is 12.8. The van der Waals surface area contributed by atoms with Crippen LogP contribution in [0.5, 0.6) is 0 Å². The molecule has 2 heterocycles. The summed E-state index contributed by atoms with van der Waals surface area (Å²) < 4.78 is 64.7. The summed E-state index contributed by atoms with van der Waals surface area (Å²) >= 11 is 6.20. The van der Waals surface area contributed by atoms with Crippen LogP contribution in [-0.2, 0) is 16.2 Å². The van der Waals surface area contributed by atoms with E-state index in [1.165, 1.54) is 16.4 Å². The van der Waals surface area contributed by atoms with Crippen LogP contribution < -0.4 is 5.32 Å². The second kappa shape index (κ2) is 7.93. The Bertz CT molecular complexity index is 989. The number of nitrogens with one attached hydrogen (secondary N) is 1. The van der Waals surface area contributed by atoms with Gasteiger partial charge in [-0.25, -0.2) is 8.42 Å². The van der Waals surface area contributed by atoms with Gasteiger partial charge in [-0.1, -0.05) is 29.4 Å². The Labute approximate surface area is 167 Å². The minimum Gasteiger partial charge on any atom is -0.296 e. The minimum absolute atomic E-state index is 0.0441. The van der Waals surface area contributed by atoms with Gasteiger partial charge in [0.25, 0.3) is 5.91 Å². The Hall–Kier alpha value is -1.76. The molecule has 13 heteroatoms. The highest BCUT2D eigenvalue weighted by Gasteiger charge is 2.36. The molecule has 3 rings (SSSR count). The summed E-state index contributed by atoms with van der Waals surface area (Å²) in [5.41, 5.74) is -0.0799. The van der Waals surface area contributed by atoms with Gasteiger partial charge in [0.05, 0.1) is 5.02 Å². The number of anilines is 1. The maximum Gasteiger partial charge on any atom is 0.445 e. The third-order valence-corrected chi connectivity index (χ3v) is 7.28. The van der Waals surface area contributed by atoms with E-state index < -0.39 is 27.1 Å². The standard InChI is InChI=1S/C15H14ClF3N4O3S2/c16-10-5-4-9(8-11(10)28(25,26)23-6-2-1-3-7-23)12(24)20-14-22-21-13(27-14)15(17,18)19/h4-5,8H,1-3,6-7H2,(H,20,22,24). The summed E-state index contributed by atoms with van der Waals surface area (Å²) in [5.74, 6) is -0.823. The number of nitrogens with zero attached hydrogens (tertiary/aromatic N) is 3. The normalized spacial score (nSPS) is 16.1. The number of alkyl halides is 3. The first-order chi connectivity index (χ1) is 13.1. The van der Waals surface area contributed by atoms with Crippen LogP contribution in [0.3, 0.4) is 0 Å². The van der Waals surface area contributed by atoms with Crippen LogP contribution >= 0.6 is 22.9 Å². The van der Waals surface area contributed by atoms with Gasteiger partial charge in [0.2, 0.25) is 20.2 Å². The van der Waals surface area contributed by atoms with Crippen molar-refractivity contribution in [2.45, 2.75) is 30.3 Å². The van der Waals surface area contributed by atoms with Gasteiger partial charge in [-0.3, -0.25) is 10.1 Å². The van der Waals surface area contributed by atoms with Crippen molar-refractivity contribution in [2.24, 2.45) is 0 Å². The number of sulfonamides is 1. The average molecular weight is 455 g/mol. The largest absolute Gasteiger partial charge is 0.445 e. The zero-order valence-electron chi connectivity index (χ0n) is 14.2. The third-order valence-electron chi connectivity index (χ3n) is 4.01. The zero-order valence-corrected chi connectivity index (χ0v) is 16.6. The smallest absolute Gasteiger partial charge is 0.296 e. The van der Waals surface area contributed by atoms with E-state index in [9.17, 15) is 26.4 Å².